The number of carbonyl (C=O) groups is 1. The van der Waals surface area contributed by atoms with Gasteiger partial charge in [-0.1, -0.05) is 24.3 Å². The molecule has 0 radical (unpaired) electrons. The monoisotopic (exact) mass is 705 g/mol. The summed E-state index contributed by atoms with van der Waals surface area (Å²) in [4.78, 5) is 34.8. The summed E-state index contributed by atoms with van der Waals surface area (Å²) in [6.45, 7) is 1.70. The zero-order chi connectivity index (χ0) is 36.9. The van der Waals surface area contributed by atoms with E-state index in [4.69, 9.17) is 0 Å². The number of carbonyl (C=O) groups excluding carboxylic acids is 1. The molecule has 4 aromatic carbocycles. The zero-order valence-corrected chi connectivity index (χ0v) is 27.6. The number of anilines is 1. The van der Waals surface area contributed by atoms with Crippen LogP contribution in [0.1, 0.15) is 45.0 Å². The number of fused-ring (bicyclic) bond motifs is 1. The van der Waals surface area contributed by atoms with E-state index in [1.165, 1.54) is 30.3 Å². The highest BCUT2D eigenvalue weighted by Gasteiger charge is 2.24. The molecule has 0 saturated heterocycles. The van der Waals surface area contributed by atoms with Crippen molar-refractivity contribution in [2.75, 3.05) is 5.32 Å². The van der Waals surface area contributed by atoms with Crippen LogP contribution < -0.4 is 5.32 Å². The molecular weight excluding hydrogens is 674 g/mol. The largest absolute Gasteiger partial charge is 0.508 e. The second-order valence-electron chi connectivity index (χ2n) is 11.9. The van der Waals surface area contributed by atoms with Gasteiger partial charge in [0.2, 0.25) is 0 Å². The van der Waals surface area contributed by atoms with Gasteiger partial charge in [0, 0.05) is 24.2 Å². The van der Waals surface area contributed by atoms with Crippen molar-refractivity contribution in [3.63, 3.8) is 0 Å². The number of hydrogen-bond acceptors (Lipinski definition) is 12. The molecule has 17 nitrogen and oxygen atoms in total. The molecule has 0 spiro atoms. The number of nitrogens with zero attached hydrogens (tertiary/aromatic N) is 7. The maximum absolute atomic E-state index is 13.3. The standard InChI is InChI=1S/C35H31N9O8/c1-20-33(34-40-38-32(42(34)41-20)4-2-3-21-8-13-25(14-9-21)43(49)50)39-37-28-18-27(29(44(51)52)19-31(28)47)35(48)36-24-11-6-22(7-12-24)5-10-23-17-26(45)15-16-30(23)46/h6-9,11-19,40,45-47H,2-5,10H2,1H3,(H,36,48). The molecule has 0 aliphatic heterocycles. The summed E-state index contributed by atoms with van der Waals surface area (Å²) >= 11 is 0. The Morgan fingerprint density at radius 2 is 1.56 bits per heavy atom. The summed E-state index contributed by atoms with van der Waals surface area (Å²) < 4.78 is 1.58. The maximum atomic E-state index is 13.3. The molecule has 52 heavy (non-hydrogen) atoms. The first-order chi connectivity index (χ1) is 25.0. The van der Waals surface area contributed by atoms with Gasteiger partial charge in [-0.2, -0.15) is 14.7 Å². The van der Waals surface area contributed by atoms with Crippen LogP contribution in [-0.4, -0.2) is 50.9 Å². The SMILES string of the molecule is Cc1nn2c(CCCc3ccc([N+](=O)[O-])cc3)n[nH]c2c1N=Nc1cc(C(=O)Nc2ccc(CCc3cc(O)ccc3O)cc2)c([N+](=O)[O-])cc1O. The van der Waals surface area contributed by atoms with Crippen LogP contribution in [0.5, 0.6) is 17.2 Å². The van der Waals surface area contributed by atoms with Crippen LogP contribution in [-0.2, 0) is 25.7 Å². The highest BCUT2D eigenvalue weighted by Crippen LogP contribution is 2.36. The normalized spacial score (nSPS) is 11.3. The van der Waals surface area contributed by atoms with Gasteiger partial charge in [-0.05, 0) is 85.7 Å². The quantitative estimate of drug-likeness (QED) is 0.0359. The molecule has 0 atom stereocenters. The fraction of sp³-hybridized carbons (Fsp3) is 0.171. The number of phenols is 3. The molecule has 17 heteroatoms. The number of amides is 1. The Balaban J connectivity index is 1.15. The van der Waals surface area contributed by atoms with Crippen molar-refractivity contribution in [3.05, 3.63) is 133 Å². The molecule has 2 heterocycles. The van der Waals surface area contributed by atoms with Gasteiger partial charge in [-0.25, -0.2) is 0 Å². The van der Waals surface area contributed by atoms with Crippen LogP contribution in [0.2, 0.25) is 0 Å². The minimum Gasteiger partial charge on any atom is -0.508 e. The van der Waals surface area contributed by atoms with E-state index in [0.29, 0.717) is 66.2 Å². The number of rotatable bonds is 13. The van der Waals surface area contributed by atoms with Gasteiger partial charge >= 0.3 is 0 Å². The molecule has 1 amide bonds. The number of nitro benzene ring substituents is 2. The number of benzene rings is 4. The third-order valence-corrected chi connectivity index (χ3v) is 8.33. The van der Waals surface area contributed by atoms with E-state index in [1.807, 2.05) is 0 Å². The molecule has 6 aromatic rings. The molecular formula is C35H31N9O8. The Kier molecular flexibility index (Phi) is 9.84. The Labute approximate surface area is 294 Å². The summed E-state index contributed by atoms with van der Waals surface area (Å²) in [5.41, 5.74) is 2.83. The van der Waals surface area contributed by atoms with Crippen molar-refractivity contribution in [1.29, 1.82) is 0 Å². The number of hydrogen-bond donors (Lipinski definition) is 5. The van der Waals surface area contributed by atoms with Crippen molar-refractivity contribution in [3.8, 4) is 17.2 Å². The number of non-ortho nitro benzene ring substituents is 1. The van der Waals surface area contributed by atoms with E-state index >= 15 is 0 Å². The predicted molar refractivity (Wildman–Crippen MR) is 188 cm³/mol. The van der Waals surface area contributed by atoms with Gasteiger partial charge in [0.1, 0.15) is 28.5 Å². The number of azo groups is 1. The smallest absolute Gasteiger partial charge is 0.286 e. The van der Waals surface area contributed by atoms with Gasteiger partial charge in [0.05, 0.1) is 21.6 Å². The van der Waals surface area contributed by atoms with E-state index < -0.39 is 27.2 Å². The van der Waals surface area contributed by atoms with Gasteiger partial charge in [0.15, 0.2) is 17.2 Å². The number of aromatic amines is 1. The van der Waals surface area contributed by atoms with E-state index in [9.17, 15) is 40.3 Å². The summed E-state index contributed by atoms with van der Waals surface area (Å²) in [7, 11) is 0. The average Bonchev–Trinajstić information content (AvgIpc) is 3.66. The molecule has 0 aliphatic rings. The first-order valence-electron chi connectivity index (χ1n) is 16.0. The lowest BCUT2D eigenvalue weighted by Crippen LogP contribution is -2.14. The lowest BCUT2D eigenvalue weighted by molar-refractivity contribution is -0.385. The van der Waals surface area contributed by atoms with Gasteiger partial charge in [-0.3, -0.25) is 30.1 Å². The Bertz CT molecular complexity index is 2330. The first-order valence-corrected chi connectivity index (χ1v) is 16.0. The van der Waals surface area contributed by atoms with E-state index in [-0.39, 0.29) is 28.4 Å². The fourth-order valence-corrected chi connectivity index (χ4v) is 5.57. The van der Waals surface area contributed by atoms with E-state index in [0.717, 1.165) is 23.3 Å². The Morgan fingerprint density at radius 3 is 2.27 bits per heavy atom. The number of aryl methyl sites for hydroxylation is 5. The number of aromatic hydroxyl groups is 3. The van der Waals surface area contributed by atoms with E-state index in [1.54, 1.807) is 47.8 Å². The minimum absolute atomic E-state index is 0.0257. The first kappa shape index (κ1) is 34.7. The summed E-state index contributed by atoms with van der Waals surface area (Å²) in [5, 5.41) is 75.7. The lowest BCUT2D eigenvalue weighted by atomic mass is 10.0. The van der Waals surface area contributed by atoms with Crippen molar-refractivity contribution in [2.24, 2.45) is 10.2 Å². The van der Waals surface area contributed by atoms with Crippen LogP contribution in [0.4, 0.5) is 28.4 Å². The van der Waals surface area contributed by atoms with Crippen LogP contribution in [0.3, 0.4) is 0 Å². The Hall–Kier alpha value is -7.17. The zero-order valence-electron chi connectivity index (χ0n) is 27.6. The lowest BCUT2D eigenvalue weighted by Gasteiger charge is -2.09. The molecule has 0 fully saturated rings. The van der Waals surface area contributed by atoms with Crippen LogP contribution in [0.15, 0.2) is 89.1 Å². The van der Waals surface area contributed by atoms with Crippen molar-refractivity contribution < 1.29 is 30.0 Å². The maximum Gasteiger partial charge on any atom is 0.286 e. The number of phenolic OH excluding ortho intramolecular Hbond substituents is 3. The molecule has 0 aliphatic carbocycles. The summed E-state index contributed by atoms with van der Waals surface area (Å²) in [5.74, 6) is -0.636. The Morgan fingerprint density at radius 1 is 0.846 bits per heavy atom. The molecule has 0 saturated carbocycles. The molecule has 5 N–H and O–H groups in total. The molecule has 264 valence electrons. The molecule has 0 unspecified atom stereocenters. The summed E-state index contributed by atoms with van der Waals surface area (Å²) in [6, 6.07) is 19.4. The average molecular weight is 706 g/mol. The third kappa shape index (κ3) is 7.67. The van der Waals surface area contributed by atoms with Gasteiger partial charge in [0.25, 0.3) is 17.3 Å². The second-order valence-corrected chi connectivity index (χ2v) is 11.9. The minimum atomic E-state index is -0.809. The molecule has 6 rings (SSSR count). The number of aromatic nitrogens is 4. The van der Waals surface area contributed by atoms with Gasteiger partial charge in [-0.15, -0.1) is 10.2 Å². The molecule has 2 aromatic heterocycles. The highest BCUT2D eigenvalue weighted by molar-refractivity contribution is 6.08. The van der Waals surface area contributed by atoms with Crippen LogP contribution >= 0.6 is 0 Å². The fourth-order valence-electron chi connectivity index (χ4n) is 5.57. The van der Waals surface area contributed by atoms with Crippen molar-refractivity contribution >= 4 is 40.0 Å². The highest BCUT2D eigenvalue weighted by atomic mass is 16.6. The summed E-state index contributed by atoms with van der Waals surface area (Å²) in [6.07, 6.45) is 2.87. The van der Waals surface area contributed by atoms with Crippen molar-refractivity contribution in [2.45, 2.75) is 39.0 Å². The second kappa shape index (κ2) is 14.8. The number of nitrogens with one attached hydrogen (secondary N) is 2. The molecule has 0 bridgehead atoms. The number of nitro groups is 2. The van der Waals surface area contributed by atoms with Crippen LogP contribution in [0, 0.1) is 27.2 Å². The topological polar surface area (TPSA) is 247 Å². The van der Waals surface area contributed by atoms with E-state index in [2.05, 4.69) is 30.8 Å². The predicted octanol–water partition coefficient (Wildman–Crippen LogP) is 6.93. The van der Waals surface area contributed by atoms with Crippen LogP contribution in [0.25, 0.3) is 5.65 Å². The third-order valence-electron chi connectivity index (χ3n) is 8.33. The van der Waals surface area contributed by atoms with Crippen molar-refractivity contribution in [1.82, 2.24) is 19.8 Å². The van der Waals surface area contributed by atoms with Gasteiger partial charge < -0.3 is 20.6 Å². The number of H-pyrrole nitrogens is 1.